The first kappa shape index (κ1) is 18.8. The predicted molar refractivity (Wildman–Crippen MR) is 114 cm³/mol. The minimum Gasteiger partial charge on any atom is -0.348 e. The molecule has 1 aliphatic heterocycles. The maximum absolute atomic E-state index is 13.5. The van der Waals surface area contributed by atoms with Crippen molar-refractivity contribution in [2.75, 3.05) is 6.54 Å². The Morgan fingerprint density at radius 2 is 1.68 bits per heavy atom. The number of fused-ring (bicyclic) bond motifs is 1. The van der Waals surface area contributed by atoms with Crippen LogP contribution in [0.25, 0.3) is 0 Å². The van der Waals surface area contributed by atoms with Crippen molar-refractivity contribution in [2.24, 2.45) is 0 Å². The van der Waals surface area contributed by atoms with Crippen molar-refractivity contribution in [3.8, 4) is 0 Å². The van der Waals surface area contributed by atoms with Crippen LogP contribution in [0, 0.1) is 0 Å². The lowest BCUT2D eigenvalue weighted by Crippen LogP contribution is -2.42. The molecule has 0 fully saturated rings. The number of hydrogen-bond acceptors (Lipinski definition) is 1. The van der Waals surface area contributed by atoms with Crippen molar-refractivity contribution in [3.63, 3.8) is 0 Å². The average molecular weight is 393 g/mol. The molecule has 0 radical (unpaired) electrons. The van der Waals surface area contributed by atoms with Crippen LogP contribution in [0.3, 0.4) is 0 Å². The van der Waals surface area contributed by atoms with Crippen LogP contribution in [0.1, 0.15) is 54.0 Å². The van der Waals surface area contributed by atoms with E-state index in [2.05, 4.69) is 49.7 Å². The van der Waals surface area contributed by atoms with Crippen LogP contribution >= 0.6 is 11.6 Å². The summed E-state index contributed by atoms with van der Waals surface area (Å²) < 4.78 is 2.21. The molecule has 1 atom stereocenters. The summed E-state index contributed by atoms with van der Waals surface area (Å²) in [5, 5.41) is 0.683. The monoisotopic (exact) mass is 392 g/mol. The van der Waals surface area contributed by atoms with E-state index in [1.54, 1.807) is 0 Å². The van der Waals surface area contributed by atoms with Crippen LogP contribution in [0.15, 0.2) is 66.9 Å². The predicted octanol–water partition coefficient (Wildman–Crippen LogP) is 5.68. The van der Waals surface area contributed by atoms with Crippen LogP contribution in [-0.2, 0) is 12.0 Å². The van der Waals surface area contributed by atoms with E-state index in [4.69, 9.17) is 11.6 Å². The first-order valence-electron chi connectivity index (χ1n) is 9.67. The van der Waals surface area contributed by atoms with E-state index >= 15 is 0 Å². The molecular formula is C24H25ClN2O. The Labute approximate surface area is 171 Å². The van der Waals surface area contributed by atoms with E-state index in [0.717, 1.165) is 17.8 Å². The van der Waals surface area contributed by atoms with Gasteiger partial charge in [-0.3, -0.25) is 4.79 Å². The molecule has 4 heteroatoms. The van der Waals surface area contributed by atoms with Gasteiger partial charge in [-0.25, -0.2) is 0 Å². The van der Waals surface area contributed by atoms with Crippen LogP contribution < -0.4 is 0 Å². The molecule has 3 aromatic rings. The molecule has 1 unspecified atom stereocenters. The van der Waals surface area contributed by atoms with Gasteiger partial charge in [-0.15, -0.1) is 0 Å². The second kappa shape index (κ2) is 7.14. The Kier molecular flexibility index (Phi) is 4.80. The van der Waals surface area contributed by atoms with Crippen LogP contribution in [-0.4, -0.2) is 21.9 Å². The molecule has 2 aromatic carbocycles. The van der Waals surface area contributed by atoms with Gasteiger partial charge in [-0.1, -0.05) is 62.7 Å². The van der Waals surface area contributed by atoms with Crippen molar-refractivity contribution in [3.05, 3.63) is 94.3 Å². The SMILES string of the molecule is CC(C)(C)c1ccc(C(=O)N2CCn3cccc3C2c2ccccc2Cl)cc1. The zero-order valence-corrected chi connectivity index (χ0v) is 17.3. The Bertz CT molecular complexity index is 998. The molecule has 1 amide bonds. The standard InChI is InChI=1S/C24H25ClN2O/c1-24(2,3)18-12-10-17(11-13-18)23(28)27-16-15-26-14-6-9-21(26)22(27)19-7-4-5-8-20(19)25/h4-14,22H,15-16H2,1-3H3. The first-order chi connectivity index (χ1) is 13.4. The van der Waals surface area contributed by atoms with E-state index in [9.17, 15) is 4.79 Å². The van der Waals surface area contributed by atoms with Crippen molar-refractivity contribution in [2.45, 2.75) is 38.8 Å². The van der Waals surface area contributed by atoms with Gasteiger partial charge < -0.3 is 9.47 Å². The number of carbonyl (C=O) groups excluding carboxylic acids is 1. The molecule has 0 saturated heterocycles. The van der Waals surface area contributed by atoms with Crippen LogP contribution in [0.4, 0.5) is 0 Å². The first-order valence-corrected chi connectivity index (χ1v) is 10.0. The third-order valence-corrected chi connectivity index (χ3v) is 5.84. The van der Waals surface area contributed by atoms with Gasteiger partial charge in [0.05, 0.1) is 6.04 Å². The van der Waals surface area contributed by atoms with Gasteiger partial charge in [-0.05, 0) is 46.9 Å². The number of aromatic nitrogens is 1. The highest BCUT2D eigenvalue weighted by atomic mass is 35.5. The summed E-state index contributed by atoms with van der Waals surface area (Å²) in [7, 11) is 0. The molecule has 0 N–H and O–H groups in total. The summed E-state index contributed by atoms with van der Waals surface area (Å²) in [4.78, 5) is 15.4. The average Bonchev–Trinajstić information content (AvgIpc) is 3.15. The van der Waals surface area contributed by atoms with E-state index in [0.29, 0.717) is 17.1 Å². The molecule has 3 nitrogen and oxygen atoms in total. The zero-order chi connectivity index (χ0) is 19.9. The maximum atomic E-state index is 13.5. The fourth-order valence-corrected chi connectivity index (χ4v) is 4.14. The van der Waals surface area contributed by atoms with E-state index in [-0.39, 0.29) is 17.4 Å². The van der Waals surface area contributed by atoms with Gasteiger partial charge in [-0.2, -0.15) is 0 Å². The lowest BCUT2D eigenvalue weighted by atomic mass is 9.86. The minimum atomic E-state index is -0.188. The molecule has 1 aromatic heterocycles. The Balaban J connectivity index is 1.73. The van der Waals surface area contributed by atoms with Gasteiger partial charge in [0.2, 0.25) is 0 Å². The van der Waals surface area contributed by atoms with Crippen molar-refractivity contribution in [1.29, 1.82) is 0 Å². The van der Waals surface area contributed by atoms with Crippen molar-refractivity contribution >= 4 is 17.5 Å². The van der Waals surface area contributed by atoms with E-state index < -0.39 is 0 Å². The highest BCUT2D eigenvalue weighted by Crippen LogP contribution is 2.37. The summed E-state index contributed by atoms with van der Waals surface area (Å²) in [5.41, 5.74) is 4.06. The third kappa shape index (κ3) is 3.35. The second-order valence-corrected chi connectivity index (χ2v) is 8.78. The number of nitrogens with zero attached hydrogens (tertiary/aromatic N) is 2. The molecular weight excluding hydrogens is 368 g/mol. The molecule has 144 valence electrons. The third-order valence-electron chi connectivity index (χ3n) is 5.50. The largest absolute Gasteiger partial charge is 0.348 e. The fourth-order valence-electron chi connectivity index (χ4n) is 3.90. The van der Waals surface area contributed by atoms with Crippen molar-refractivity contribution < 1.29 is 4.79 Å². The van der Waals surface area contributed by atoms with Crippen LogP contribution in [0.2, 0.25) is 5.02 Å². The molecule has 4 rings (SSSR count). The molecule has 1 aliphatic rings. The quantitative estimate of drug-likeness (QED) is 0.550. The topological polar surface area (TPSA) is 25.2 Å². The molecule has 0 spiro atoms. The van der Waals surface area contributed by atoms with Crippen LogP contribution in [0.5, 0.6) is 0 Å². The summed E-state index contributed by atoms with van der Waals surface area (Å²) in [6, 6.07) is 19.7. The molecule has 28 heavy (non-hydrogen) atoms. The van der Waals surface area contributed by atoms with Gasteiger partial charge in [0, 0.05) is 35.6 Å². The fraction of sp³-hybridized carbons (Fsp3) is 0.292. The number of benzene rings is 2. The maximum Gasteiger partial charge on any atom is 0.254 e. The summed E-state index contributed by atoms with van der Waals surface area (Å²) >= 11 is 6.53. The number of amides is 1. The van der Waals surface area contributed by atoms with Gasteiger partial charge >= 0.3 is 0 Å². The summed E-state index contributed by atoms with van der Waals surface area (Å²) in [6.07, 6.45) is 2.07. The molecule has 0 bridgehead atoms. The molecule has 0 saturated carbocycles. The minimum absolute atomic E-state index is 0.0397. The number of carbonyl (C=O) groups is 1. The summed E-state index contributed by atoms with van der Waals surface area (Å²) in [5.74, 6) is 0.0397. The van der Waals surface area contributed by atoms with Gasteiger partial charge in [0.15, 0.2) is 0 Å². The lowest BCUT2D eigenvalue weighted by Gasteiger charge is -2.38. The molecule has 2 heterocycles. The Morgan fingerprint density at radius 3 is 2.36 bits per heavy atom. The zero-order valence-electron chi connectivity index (χ0n) is 16.5. The number of halogens is 1. The van der Waals surface area contributed by atoms with E-state index in [1.807, 2.05) is 47.4 Å². The smallest absolute Gasteiger partial charge is 0.254 e. The van der Waals surface area contributed by atoms with Crippen molar-refractivity contribution in [1.82, 2.24) is 9.47 Å². The highest BCUT2D eigenvalue weighted by molar-refractivity contribution is 6.31. The van der Waals surface area contributed by atoms with E-state index in [1.165, 1.54) is 5.56 Å². The highest BCUT2D eigenvalue weighted by Gasteiger charge is 2.33. The number of hydrogen-bond donors (Lipinski definition) is 0. The van der Waals surface area contributed by atoms with Gasteiger partial charge in [0.25, 0.3) is 5.91 Å². The second-order valence-electron chi connectivity index (χ2n) is 8.38. The Hall–Kier alpha value is -2.52. The number of rotatable bonds is 2. The summed E-state index contributed by atoms with van der Waals surface area (Å²) in [6.45, 7) is 7.97. The Morgan fingerprint density at radius 1 is 0.964 bits per heavy atom. The lowest BCUT2D eigenvalue weighted by molar-refractivity contribution is 0.0664. The normalized spacial score (nSPS) is 16.7. The van der Waals surface area contributed by atoms with Gasteiger partial charge in [0.1, 0.15) is 0 Å². The molecule has 0 aliphatic carbocycles.